The van der Waals surface area contributed by atoms with E-state index in [2.05, 4.69) is 5.32 Å². The molecule has 0 radical (unpaired) electrons. The van der Waals surface area contributed by atoms with Crippen LogP contribution in [0.4, 0.5) is 4.79 Å². The van der Waals surface area contributed by atoms with E-state index in [0.717, 1.165) is 6.54 Å². The van der Waals surface area contributed by atoms with Crippen LogP contribution < -0.4 is 5.32 Å². The van der Waals surface area contributed by atoms with Crippen molar-refractivity contribution in [2.45, 2.75) is 25.3 Å². The van der Waals surface area contributed by atoms with Gasteiger partial charge in [-0.2, -0.15) is 0 Å². The predicted molar refractivity (Wildman–Crippen MR) is 79.9 cm³/mol. The third kappa shape index (κ3) is 2.73. The first-order chi connectivity index (χ1) is 10.1. The molecule has 1 aliphatic carbocycles. The average Bonchev–Trinajstić information content (AvgIpc) is 3.08. The molecule has 0 bridgehead atoms. The van der Waals surface area contributed by atoms with Gasteiger partial charge in [0.15, 0.2) is 0 Å². The van der Waals surface area contributed by atoms with Crippen molar-refractivity contribution in [3.63, 3.8) is 0 Å². The van der Waals surface area contributed by atoms with E-state index in [-0.39, 0.29) is 18.0 Å². The highest BCUT2D eigenvalue weighted by Crippen LogP contribution is 2.38. The maximum atomic E-state index is 12.7. The van der Waals surface area contributed by atoms with Crippen molar-refractivity contribution < 1.29 is 9.59 Å². The summed E-state index contributed by atoms with van der Waals surface area (Å²) in [4.78, 5) is 30.0. The lowest BCUT2D eigenvalue weighted by molar-refractivity contribution is -0.135. The van der Waals surface area contributed by atoms with Gasteiger partial charge in [-0.25, -0.2) is 4.79 Å². The highest BCUT2D eigenvalue weighted by Gasteiger charge is 2.44. The summed E-state index contributed by atoms with van der Waals surface area (Å²) in [5.41, 5.74) is 0. The molecule has 2 aliphatic heterocycles. The van der Waals surface area contributed by atoms with Crippen LogP contribution in [-0.2, 0) is 4.79 Å². The Morgan fingerprint density at radius 3 is 2.38 bits per heavy atom. The fourth-order valence-electron chi connectivity index (χ4n) is 4.06. The highest BCUT2D eigenvalue weighted by molar-refractivity contribution is 5.83. The minimum Gasteiger partial charge on any atom is -0.338 e. The van der Waals surface area contributed by atoms with E-state index in [1.54, 1.807) is 19.0 Å². The fraction of sp³-hybridized carbons (Fsp3) is 0.867. The van der Waals surface area contributed by atoms with Crippen LogP contribution in [0.3, 0.4) is 0 Å². The van der Waals surface area contributed by atoms with Crippen molar-refractivity contribution in [2.75, 3.05) is 46.8 Å². The van der Waals surface area contributed by atoms with Crippen molar-refractivity contribution in [1.82, 2.24) is 20.0 Å². The van der Waals surface area contributed by atoms with Crippen LogP contribution in [-0.4, -0.2) is 79.5 Å². The van der Waals surface area contributed by atoms with Gasteiger partial charge in [-0.3, -0.25) is 4.79 Å². The molecule has 6 nitrogen and oxygen atoms in total. The SMILES string of the molecule is CN(C)C(=O)N1CCN(C(=O)C2NCC3CCCC32)CC1. The average molecular weight is 294 g/mol. The Bertz CT molecular complexity index is 418. The van der Waals surface area contributed by atoms with E-state index in [9.17, 15) is 9.59 Å². The third-order valence-electron chi connectivity index (χ3n) is 5.26. The molecule has 3 aliphatic rings. The van der Waals surface area contributed by atoms with Gasteiger partial charge in [-0.05, 0) is 31.2 Å². The van der Waals surface area contributed by atoms with E-state index in [1.807, 2.05) is 9.80 Å². The van der Waals surface area contributed by atoms with Gasteiger partial charge in [0.05, 0.1) is 6.04 Å². The molecular weight excluding hydrogens is 268 g/mol. The van der Waals surface area contributed by atoms with Crippen LogP contribution in [0.1, 0.15) is 19.3 Å². The molecule has 3 amide bonds. The van der Waals surface area contributed by atoms with Gasteiger partial charge in [0.25, 0.3) is 0 Å². The van der Waals surface area contributed by atoms with E-state index in [1.165, 1.54) is 19.3 Å². The molecule has 0 aromatic heterocycles. The summed E-state index contributed by atoms with van der Waals surface area (Å²) in [6, 6.07) is 0.0607. The molecule has 3 atom stereocenters. The molecule has 1 N–H and O–H groups in total. The number of urea groups is 1. The maximum Gasteiger partial charge on any atom is 0.319 e. The number of nitrogens with one attached hydrogen (secondary N) is 1. The number of piperazine rings is 1. The summed E-state index contributed by atoms with van der Waals surface area (Å²) in [6.45, 7) is 3.61. The molecule has 0 aromatic carbocycles. The number of nitrogens with zero attached hydrogens (tertiary/aromatic N) is 3. The zero-order chi connectivity index (χ0) is 15.0. The topological polar surface area (TPSA) is 55.9 Å². The van der Waals surface area contributed by atoms with Crippen LogP contribution in [0.15, 0.2) is 0 Å². The minimum absolute atomic E-state index is 0.0219. The summed E-state index contributed by atoms with van der Waals surface area (Å²) in [6.07, 6.45) is 3.73. The first kappa shape index (κ1) is 14.6. The molecule has 3 unspecified atom stereocenters. The summed E-state index contributed by atoms with van der Waals surface area (Å²) in [5, 5.41) is 3.43. The van der Waals surface area contributed by atoms with Crippen molar-refractivity contribution >= 4 is 11.9 Å². The van der Waals surface area contributed by atoms with Crippen LogP contribution >= 0.6 is 0 Å². The van der Waals surface area contributed by atoms with Crippen molar-refractivity contribution in [3.05, 3.63) is 0 Å². The summed E-state index contributed by atoms with van der Waals surface area (Å²) < 4.78 is 0. The minimum atomic E-state index is 0.0219. The summed E-state index contributed by atoms with van der Waals surface area (Å²) >= 11 is 0. The molecule has 1 saturated carbocycles. The van der Waals surface area contributed by atoms with Crippen molar-refractivity contribution in [3.8, 4) is 0 Å². The predicted octanol–water partition coefficient (Wildman–Crippen LogP) is 0.200. The molecule has 2 heterocycles. The van der Waals surface area contributed by atoms with Gasteiger partial charge >= 0.3 is 6.03 Å². The quantitative estimate of drug-likeness (QED) is 0.752. The zero-order valence-electron chi connectivity index (χ0n) is 13.0. The molecule has 118 valence electrons. The lowest BCUT2D eigenvalue weighted by Crippen LogP contribution is -2.56. The first-order valence-corrected chi connectivity index (χ1v) is 8.06. The van der Waals surface area contributed by atoms with E-state index in [0.29, 0.717) is 38.0 Å². The third-order valence-corrected chi connectivity index (χ3v) is 5.26. The normalized spacial score (nSPS) is 32.2. The standard InChI is InChI=1S/C15H26N4O2/c1-17(2)15(21)19-8-6-18(7-9-19)14(20)13-12-5-3-4-11(12)10-16-13/h11-13,16H,3-10H2,1-2H3. The number of amides is 3. The van der Waals surface area contributed by atoms with Gasteiger partial charge in [-0.1, -0.05) is 6.42 Å². The van der Waals surface area contributed by atoms with Gasteiger partial charge in [0, 0.05) is 40.3 Å². The van der Waals surface area contributed by atoms with E-state index < -0.39 is 0 Å². The molecule has 3 rings (SSSR count). The second-order valence-electron chi connectivity index (χ2n) is 6.73. The molecule has 3 fully saturated rings. The number of carbonyl (C=O) groups is 2. The monoisotopic (exact) mass is 294 g/mol. The summed E-state index contributed by atoms with van der Waals surface area (Å²) in [5.74, 6) is 1.50. The Morgan fingerprint density at radius 2 is 1.71 bits per heavy atom. The Kier molecular flexibility index (Phi) is 4.06. The van der Waals surface area contributed by atoms with Gasteiger partial charge in [-0.15, -0.1) is 0 Å². The Balaban J connectivity index is 1.55. The van der Waals surface area contributed by atoms with Crippen LogP contribution in [0.25, 0.3) is 0 Å². The number of fused-ring (bicyclic) bond motifs is 1. The smallest absolute Gasteiger partial charge is 0.319 e. The van der Waals surface area contributed by atoms with Crippen molar-refractivity contribution in [2.24, 2.45) is 11.8 Å². The van der Waals surface area contributed by atoms with Crippen LogP contribution in [0.5, 0.6) is 0 Å². The van der Waals surface area contributed by atoms with Gasteiger partial charge < -0.3 is 20.0 Å². The van der Waals surface area contributed by atoms with Crippen molar-refractivity contribution in [1.29, 1.82) is 0 Å². The second kappa shape index (κ2) is 5.83. The van der Waals surface area contributed by atoms with Crippen LogP contribution in [0.2, 0.25) is 0 Å². The number of rotatable bonds is 1. The van der Waals surface area contributed by atoms with Gasteiger partial charge in [0.1, 0.15) is 0 Å². The molecule has 6 heteroatoms. The molecule has 21 heavy (non-hydrogen) atoms. The summed E-state index contributed by atoms with van der Waals surface area (Å²) in [7, 11) is 3.53. The van der Waals surface area contributed by atoms with Gasteiger partial charge in [0.2, 0.25) is 5.91 Å². The Hall–Kier alpha value is -1.30. The van der Waals surface area contributed by atoms with Crippen LogP contribution in [0, 0.1) is 11.8 Å². The number of hydrogen-bond acceptors (Lipinski definition) is 3. The fourth-order valence-corrected chi connectivity index (χ4v) is 4.06. The first-order valence-electron chi connectivity index (χ1n) is 8.06. The Morgan fingerprint density at radius 1 is 1.05 bits per heavy atom. The second-order valence-corrected chi connectivity index (χ2v) is 6.73. The molecule has 0 spiro atoms. The molecule has 2 saturated heterocycles. The zero-order valence-corrected chi connectivity index (χ0v) is 13.0. The largest absolute Gasteiger partial charge is 0.338 e. The molecule has 0 aromatic rings. The maximum absolute atomic E-state index is 12.7. The Labute approximate surface area is 126 Å². The highest BCUT2D eigenvalue weighted by atomic mass is 16.2. The lowest BCUT2D eigenvalue weighted by atomic mass is 9.93. The van der Waals surface area contributed by atoms with E-state index in [4.69, 9.17) is 0 Å². The number of carbonyl (C=O) groups excluding carboxylic acids is 2. The van der Waals surface area contributed by atoms with E-state index >= 15 is 0 Å². The molecular formula is C15H26N4O2. The number of hydrogen-bond donors (Lipinski definition) is 1. The lowest BCUT2D eigenvalue weighted by Gasteiger charge is -2.37.